The van der Waals surface area contributed by atoms with Crippen LogP contribution in [0.3, 0.4) is 0 Å². The lowest BCUT2D eigenvalue weighted by molar-refractivity contribution is 0.334. The standard InChI is InChI=1S/C16H17ClFNO/c1-2-20-15-9-4-3-7-12(15)14(19)10-11-6-5-8-13(17)16(11)18/h3-9,14H,2,10,19H2,1H3. The fraction of sp³-hybridized carbons (Fsp3) is 0.250. The SMILES string of the molecule is CCOc1ccccc1C(N)Cc1cccc(Cl)c1F. The molecule has 106 valence electrons. The lowest BCUT2D eigenvalue weighted by Crippen LogP contribution is -2.15. The van der Waals surface area contributed by atoms with E-state index in [0.29, 0.717) is 18.6 Å². The molecule has 0 spiro atoms. The second-order valence-electron chi connectivity index (χ2n) is 4.49. The molecule has 0 saturated carbocycles. The molecule has 0 fully saturated rings. The Morgan fingerprint density at radius 3 is 2.70 bits per heavy atom. The molecule has 2 aromatic rings. The van der Waals surface area contributed by atoms with Crippen LogP contribution < -0.4 is 10.5 Å². The fourth-order valence-electron chi connectivity index (χ4n) is 2.13. The summed E-state index contributed by atoms with van der Waals surface area (Å²) in [6.45, 7) is 2.48. The van der Waals surface area contributed by atoms with Crippen molar-refractivity contribution in [3.8, 4) is 5.75 Å². The first kappa shape index (κ1) is 14.8. The summed E-state index contributed by atoms with van der Waals surface area (Å²) in [6, 6.07) is 12.2. The van der Waals surface area contributed by atoms with Gasteiger partial charge in [0, 0.05) is 11.6 Å². The lowest BCUT2D eigenvalue weighted by Gasteiger charge is -2.17. The van der Waals surface area contributed by atoms with Crippen molar-refractivity contribution in [1.29, 1.82) is 0 Å². The molecule has 0 radical (unpaired) electrons. The minimum absolute atomic E-state index is 0.118. The van der Waals surface area contributed by atoms with E-state index in [2.05, 4.69) is 0 Å². The molecule has 0 aliphatic heterocycles. The molecule has 0 aromatic heterocycles. The van der Waals surface area contributed by atoms with Crippen molar-refractivity contribution in [2.24, 2.45) is 5.73 Å². The highest BCUT2D eigenvalue weighted by Gasteiger charge is 2.15. The minimum atomic E-state index is -0.404. The van der Waals surface area contributed by atoms with Gasteiger partial charge < -0.3 is 10.5 Å². The van der Waals surface area contributed by atoms with Gasteiger partial charge in [-0.15, -0.1) is 0 Å². The van der Waals surface area contributed by atoms with Crippen LogP contribution in [-0.2, 0) is 6.42 Å². The topological polar surface area (TPSA) is 35.2 Å². The number of halogens is 2. The van der Waals surface area contributed by atoms with E-state index in [-0.39, 0.29) is 11.1 Å². The molecule has 4 heteroatoms. The van der Waals surface area contributed by atoms with Gasteiger partial charge in [0.25, 0.3) is 0 Å². The first-order chi connectivity index (χ1) is 9.63. The third kappa shape index (κ3) is 3.30. The zero-order valence-corrected chi connectivity index (χ0v) is 12.0. The average Bonchev–Trinajstić information content (AvgIpc) is 2.45. The zero-order chi connectivity index (χ0) is 14.5. The van der Waals surface area contributed by atoms with Gasteiger partial charge in [-0.1, -0.05) is 41.9 Å². The Kier molecular flexibility index (Phi) is 4.99. The number of nitrogens with two attached hydrogens (primary N) is 1. The van der Waals surface area contributed by atoms with Crippen LogP contribution in [0, 0.1) is 5.82 Å². The van der Waals surface area contributed by atoms with Crippen LogP contribution in [0.5, 0.6) is 5.75 Å². The van der Waals surface area contributed by atoms with Crippen LogP contribution in [0.2, 0.25) is 5.02 Å². The van der Waals surface area contributed by atoms with Crippen LogP contribution >= 0.6 is 11.6 Å². The van der Waals surface area contributed by atoms with E-state index in [1.165, 1.54) is 6.07 Å². The summed E-state index contributed by atoms with van der Waals surface area (Å²) in [7, 11) is 0. The van der Waals surface area contributed by atoms with Crippen LogP contribution in [0.25, 0.3) is 0 Å². The van der Waals surface area contributed by atoms with Crippen molar-refractivity contribution in [2.45, 2.75) is 19.4 Å². The maximum Gasteiger partial charge on any atom is 0.145 e. The molecular formula is C16H17ClFNO. The molecule has 1 atom stereocenters. The fourth-order valence-corrected chi connectivity index (χ4v) is 2.32. The number of ether oxygens (including phenoxy) is 1. The summed E-state index contributed by atoms with van der Waals surface area (Å²) in [4.78, 5) is 0. The summed E-state index contributed by atoms with van der Waals surface area (Å²) in [6.07, 6.45) is 0.372. The molecule has 2 rings (SSSR count). The highest BCUT2D eigenvalue weighted by atomic mass is 35.5. The molecule has 1 unspecified atom stereocenters. The maximum absolute atomic E-state index is 13.9. The Morgan fingerprint density at radius 1 is 1.20 bits per heavy atom. The third-order valence-electron chi connectivity index (χ3n) is 3.09. The van der Waals surface area contributed by atoms with Gasteiger partial charge in [0.15, 0.2) is 0 Å². The highest BCUT2D eigenvalue weighted by molar-refractivity contribution is 6.30. The van der Waals surface area contributed by atoms with Gasteiger partial charge >= 0.3 is 0 Å². The smallest absolute Gasteiger partial charge is 0.145 e. The van der Waals surface area contributed by atoms with E-state index in [1.807, 2.05) is 31.2 Å². The van der Waals surface area contributed by atoms with E-state index in [1.54, 1.807) is 12.1 Å². The van der Waals surface area contributed by atoms with Gasteiger partial charge in [-0.3, -0.25) is 0 Å². The highest BCUT2D eigenvalue weighted by Crippen LogP contribution is 2.28. The van der Waals surface area contributed by atoms with Crippen LogP contribution in [0.1, 0.15) is 24.1 Å². The van der Waals surface area contributed by atoms with Crippen LogP contribution in [0.4, 0.5) is 4.39 Å². The van der Waals surface area contributed by atoms with Crippen LogP contribution in [0.15, 0.2) is 42.5 Å². The summed E-state index contributed by atoms with van der Waals surface area (Å²) < 4.78 is 19.5. The van der Waals surface area contributed by atoms with E-state index in [4.69, 9.17) is 22.1 Å². The van der Waals surface area contributed by atoms with Gasteiger partial charge in [0.05, 0.1) is 11.6 Å². The molecule has 0 heterocycles. The van der Waals surface area contributed by atoms with E-state index in [9.17, 15) is 4.39 Å². The molecule has 2 N–H and O–H groups in total. The first-order valence-electron chi connectivity index (χ1n) is 6.53. The lowest BCUT2D eigenvalue weighted by atomic mass is 9.98. The Bertz CT molecular complexity index is 588. The molecule has 20 heavy (non-hydrogen) atoms. The number of hydrogen-bond acceptors (Lipinski definition) is 2. The summed E-state index contributed by atoms with van der Waals surface area (Å²) in [5, 5.41) is 0.118. The summed E-state index contributed by atoms with van der Waals surface area (Å²) >= 11 is 5.78. The minimum Gasteiger partial charge on any atom is -0.494 e. The summed E-state index contributed by atoms with van der Waals surface area (Å²) in [5.74, 6) is 0.337. The van der Waals surface area contributed by atoms with Crippen LogP contribution in [-0.4, -0.2) is 6.61 Å². The summed E-state index contributed by atoms with van der Waals surface area (Å²) in [5.41, 5.74) is 7.57. The zero-order valence-electron chi connectivity index (χ0n) is 11.3. The first-order valence-corrected chi connectivity index (χ1v) is 6.91. The molecule has 0 aliphatic rings. The molecule has 0 saturated heterocycles. The second kappa shape index (κ2) is 6.73. The van der Waals surface area contributed by atoms with E-state index < -0.39 is 5.82 Å². The predicted molar refractivity (Wildman–Crippen MR) is 79.7 cm³/mol. The maximum atomic E-state index is 13.9. The molecular weight excluding hydrogens is 277 g/mol. The number of para-hydroxylation sites is 1. The van der Waals surface area contributed by atoms with Crippen molar-refractivity contribution in [3.05, 3.63) is 64.4 Å². The Morgan fingerprint density at radius 2 is 1.95 bits per heavy atom. The Labute approximate surface area is 123 Å². The normalized spacial score (nSPS) is 12.2. The van der Waals surface area contributed by atoms with Gasteiger partial charge in [0.1, 0.15) is 11.6 Å². The number of hydrogen-bond donors (Lipinski definition) is 1. The van der Waals surface area contributed by atoms with Gasteiger partial charge in [0.2, 0.25) is 0 Å². The van der Waals surface area contributed by atoms with E-state index in [0.717, 1.165) is 11.3 Å². The average molecular weight is 294 g/mol. The van der Waals surface area contributed by atoms with Crippen molar-refractivity contribution < 1.29 is 9.13 Å². The van der Waals surface area contributed by atoms with Crippen molar-refractivity contribution in [1.82, 2.24) is 0 Å². The molecule has 2 nitrogen and oxygen atoms in total. The van der Waals surface area contributed by atoms with Crippen molar-refractivity contribution >= 4 is 11.6 Å². The molecule has 0 amide bonds. The molecule has 0 bridgehead atoms. The second-order valence-corrected chi connectivity index (χ2v) is 4.90. The van der Waals surface area contributed by atoms with Gasteiger partial charge in [-0.25, -0.2) is 4.39 Å². The number of benzene rings is 2. The third-order valence-corrected chi connectivity index (χ3v) is 3.38. The van der Waals surface area contributed by atoms with Crippen molar-refractivity contribution in [3.63, 3.8) is 0 Å². The molecule has 0 aliphatic carbocycles. The monoisotopic (exact) mass is 293 g/mol. The van der Waals surface area contributed by atoms with Gasteiger partial charge in [-0.05, 0) is 31.0 Å². The van der Waals surface area contributed by atoms with E-state index >= 15 is 0 Å². The Balaban J connectivity index is 2.24. The predicted octanol–water partition coefficient (Wildman–Crippen LogP) is 4.12. The van der Waals surface area contributed by atoms with Gasteiger partial charge in [-0.2, -0.15) is 0 Å². The quantitative estimate of drug-likeness (QED) is 0.900. The molecule has 2 aromatic carbocycles. The Hall–Kier alpha value is -1.58. The largest absolute Gasteiger partial charge is 0.494 e. The number of rotatable bonds is 5. The van der Waals surface area contributed by atoms with Crippen molar-refractivity contribution in [2.75, 3.05) is 6.61 Å².